The molecule has 2 N–H and O–H groups in total. The minimum absolute atomic E-state index is 0.312. The van der Waals surface area contributed by atoms with E-state index in [0.29, 0.717) is 23.8 Å². The topological polar surface area (TPSA) is 57.2 Å². The van der Waals surface area contributed by atoms with Crippen molar-refractivity contribution < 1.29 is 9.53 Å². The van der Waals surface area contributed by atoms with E-state index in [4.69, 9.17) is 22.7 Å². The van der Waals surface area contributed by atoms with Gasteiger partial charge in [-0.3, -0.25) is 0 Å². The number of hydrogen-bond donors (Lipinski definition) is 1. The van der Waals surface area contributed by atoms with Crippen molar-refractivity contribution in [2.75, 3.05) is 6.61 Å². The first kappa shape index (κ1) is 16.2. The molecule has 122 valence electrons. The summed E-state index contributed by atoms with van der Waals surface area (Å²) in [4.78, 5) is 12.7. The summed E-state index contributed by atoms with van der Waals surface area (Å²) in [5.41, 5.74) is 9.08. The Hall–Kier alpha value is -2.66. The van der Waals surface area contributed by atoms with Gasteiger partial charge in [0.05, 0.1) is 6.61 Å². The number of rotatable bonds is 5. The van der Waals surface area contributed by atoms with Crippen molar-refractivity contribution in [3.63, 3.8) is 0 Å². The summed E-state index contributed by atoms with van der Waals surface area (Å²) >= 11 is 4.98. The number of aromatic nitrogens is 1. The monoisotopic (exact) mass is 338 g/mol. The molecule has 0 saturated heterocycles. The maximum absolute atomic E-state index is 12.3. The largest absolute Gasteiger partial charge is 0.461 e. The van der Waals surface area contributed by atoms with Gasteiger partial charge in [0, 0.05) is 23.0 Å². The van der Waals surface area contributed by atoms with Crippen molar-refractivity contribution in [2.45, 2.75) is 13.5 Å². The highest BCUT2D eigenvalue weighted by molar-refractivity contribution is 7.80. The van der Waals surface area contributed by atoms with Gasteiger partial charge in [0.15, 0.2) is 0 Å². The van der Waals surface area contributed by atoms with Gasteiger partial charge in [-0.05, 0) is 24.6 Å². The van der Waals surface area contributed by atoms with Gasteiger partial charge in [-0.2, -0.15) is 0 Å². The fraction of sp³-hybridized carbons (Fsp3) is 0.158. The molecule has 0 radical (unpaired) electrons. The second-order valence-corrected chi connectivity index (χ2v) is 5.90. The average Bonchev–Trinajstić information content (AvgIpc) is 2.94. The van der Waals surface area contributed by atoms with E-state index >= 15 is 0 Å². The van der Waals surface area contributed by atoms with Gasteiger partial charge in [0.25, 0.3) is 0 Å². The maximum atomic E-state index is 12.3. The van der Waals surface area contributed by atoms with Gasteiger partial charge in [0.1, 0.15) is 10.7 Å². The molecule has 1 heterocycles. The molecule has 3 aromatic rings. The lowest BCUT2D eigenvalue weighted by Crippen LogP contribution is -2.13. The Morgan fingerprint density at radius 2 is 1.88 bits per heavy atom. The summed E-state index contributed by atoms with van der Waals surface area (Å²) in [6, 6.07) is 17.5. The number of ether oxygens (including phenoxy) is 1. The van der Waals surface area contributed by atoms with Crippen LogP contribution >= 0.6 is 12.2 Å². The van der Waals surface area contributed by atoms with E-state index in [2.05, 4.69) is 0 Å². The highest BCUT2D eigenvalue weighted by Gasteiger charge is 2.16. The molecule has 0 spiro atoms. The number of esters is 1. The number of thiocarbonyl (C=S) groups is 1. The van der Waals surface area contributed by atoms with Crippen LogP contribution in [0.3, 0.4) is 0 Å². The van der Waals surface area contributed by atoms with Crippen LogP contribution in [-0.2, 0) is 11.3 Å². The summed E-state index contributed by atoms with van der Waals surface area (Å²) in [7, 11) is 0. The first-order valence-corrected chi connectivity index (χ1v) is 8.15. The van der Waals surface area contributed by atoms with E-state index in [1.807, 2.05) is 59.2 Å². The van der Waals surface area contributed by atoms with Gasteiger partial charge in [-0.25, -0.2) is 4.79 Å². The van der Waals surface area contributed by atoms with E-state index in [0.717, 1.165) is 22.0 Å². The zero-order chi connectivity index (χ0) is 17.1. The molecule has 0 bridgehead atoms. The number of carbonyl (C=O) groups is 1. The first-order chi connectivity index (χ1) is 11.6. The molecule has 0 atom stereocenters. The van der Waals surface area contributed by atoms with E-state index in [-0.39, 0.29) is 5.97 Å². The zero-order valence-corrected chi connectivity index (χ0v) is 14.2. The smallest absolute Gasteiger partial charge is 0.354 e. The molecule has 4 nitrogen and oxygen atoms in total. The van der Waals surface area contributed by atoms with E-state index < -0.39 is 0 Å². The van der Waals surface area contributed by atoms with Crippen LogP contribution in [0.15, 0.2) is 54.6 Å². The van der Waals surface area contributed by atoms with Crippen LogP contribution in [0.1, 0.15) is 28.5 Å². The van der Waals surface area contributed by atoms with E-state index in [9.17, 15) is 4.79 Å². The molecular formula is C19H18N2O2S. The van der Waals surface area contributed by atoms with Crippen LogP contribution < -0.4 is 5.73 Å². The number of carbonyl (C=O) groups excluding carboxylic acids is 1. The molecule has 0 aliphatic heterocycles. The quantitative estimate of drug-likeness (QED) is 0.571. The van der Waals surface area contributed by atoms with Crippen LogP contribution in [0.5, 0.6) is 0 Å². The average molecular weight is 338 g/mol. The second-order valence-electron chi connectivity index (χ2n) is 5.46. The lowest BCUT2D eigenvalue weighted by Gasteiger charge is -2.11. The Labute approximate surface area is 145 Å². The fourth-order valence-electron chi connectivity index (χ4n) is 2.71. The Balaban J connectivity index is 2.02. The molecule has 3 rings (SSSR count). The Kier molecular flexibility index (Phi) is 4.62. The molecular weight excluding hydrogens is 320 g/mol. The third-order valence-corrected chi connectivity index (χ3v) is 4.11. The summed E-state index contributed by atoms with van der Waals surface area (Å²) in [6.07, 6.45) is 0. The van der Waals surface area contributed by atoms with Gasteiger partial charge in [0.2, 0.25) is 0 Å². The number of nitrogens with two attached hydrogens (primary N) is 1. The summed E-state index contributed by atoms with van der Waals surface area (Å²) in [5, 5.41) is 1.01. The van der Waals surface area contributed by atoms with Crippen molar-refractivity contribution in [3.8, 4) is 0 Å². The van der Waals surface area contributed by atoms with Crippen molar-refractivity contribution in [1.82, 2.24) is 4.57 Å². The molecule has 0 aliphatic rings. The predicted octanol–water partition coefficient (Wildman–Crippen LogP) is 3.50. The first-order valence-electron chi connectivity index (χ1n) is 7.74. The van der Waals surface area contributed by atoms with Gasteiger partial charge < -0.3 is 15.0 Å². The third kappa shape index (κ3) is 3.16. The zero-order valence-electron chi connectivity index (χ0n) is 13.4. The van der Waals surface area contributed by atoms with Gasteiger partial charge in [-0.15, -0.1) is 0 Å². The van der Waals surface area contributed by atoms with Crippen LogP contribution in [0.25, 0.3) is 10.9 Å². The summed E-state index contributed by atoms with van der Waals surface area (Å²) in [6.45, 7) is 2.72. The van der Waals surface area contributed by atoms with Gasteiger partial charge in [-0.1, -0.05) is 54.7 Å². The van der Waals surface area contributed by atoms with Gasteiger partial charge >= 0.3 is 5.97 Å². The third-order valence-electron chi connectivity index (χ3n) is 3.87. The molecule has 24 heavy (non-hydrogen) atoms. The lowest BCUT2D eigenvalue weighted by atomic mass is 10.1. The van der Waals surface area contributed by atoms with Crippen molar-refractivity contribution in [1.29, 1.82) is 0 Å². The molecule has 0 saturated carbocycles. The summed E-state index contributed by atoms with van der Waals surface area (Å²) < 4.78 is 7.17. The molecule has 0 aliphatic carbocycles. The maximum Gasteiger partial charge on any atom is 0.354 e. The summed E-state index contributed by atoms with van der Waals surface area (Å²) in [5.74, 6) is -0.312. The number of benzene rings is 2. The van der Waals surface area contributed by atoms with Crippen molar-refractivity contribution in [2.24, 2.45) is 5.73 Å². The normalized spacial score (nSPS) is 10.7. The van der Waals surface area contributed by atoms with Crippen LogP contribution in [0.2, 0.25) is 0 Å². The highest BCUT2D eigenvalue weighted by atomic mass is 32.1. The number of fused-ring (bicyclic) bond motifs is 1. The lowest BCUT2D eigenvalue weighted by molar-refractivity contribution is 0.0515. The predicted molar refractivity (Wildman–Crippen MR) is 99.3 cm³/mol. The number of para-hydroxylation sites is 1. The molecule has 1 aromatic heterocycles. The highest BCUT2D eigenvalue weighted by Crippen LogP contribution is 2.22. The molecule has 2 aromatic carbocycles. The number of hydrogen-bond acceptors (Lipinski definition) is 3. The Bertz CT molecular complexity index is 897. The van der Waals surface area contributed by atoms with Crippen molar-refractivity contribution >= 4 is 34.1 Å². The van der Waals surface area contributed by atoms with Crippen LogP contribution in [0.4, 0.5) is 0 Å². The standard InChI is InChI=1S/C19H18N2O2S/c1-2-23-19(22)17-11-15-5-3-4-6-16(15)21(17)12-13-7-9-14(10-8-13)18(20)24/h3-11H,2,12H2,1H3,(H2,20,24). The van der Waals surface area contributed by atoms with E-state index in [1.54, 1.807) is 6.92 Å². The Morgan fingerprint density at radius 3 is 2.54 bits per heavy atom. The van der Waals surface area contributed by atoms with E-state index in [1.165, 1.54) is 0 Å². The second kappa shape index (κ2) is 6.84. The minimum Gasteiger partial charge on any atom is -0.461 e. The SMILES string of the molecule is CCOC(=O)c1cc2ccccc2n1Cc1ccc(C(N)=S)cc1. The minimum atomic E-state index is -0.312. The molecule has 0 amide bonds. The Morgan fingerprint density at radius 1 is 1.17 bits per heavy atom. The number of nitrogens with zero attached hydrogens (tertiary/aromatic N) is 1. The molecule has 5 heteroatoms. The van der Waals surface area contributed by atoms with Crippen LogP contribution in [0, 0.1) is 0 Å². The molecule has 0 fully saturated rings. The fourth-order valence-corrected chi connectivity index (χ4v) is 2.85. The molecule has 0 unspecified atom stereocenters. The van der Waals surface area contributed by atoms with Crippen LogP contribution in [-0.4, -0.2) is 22.1 Å². The van der Waals surface area contributed by atoms with Crippen molar-refractivity contribution in [3.05, 3.63) is 71.4 Å².